The fourth-order valence-corrected chi connectivity index (χ4v) is 9.21. The number of non-ortho nitro benzene ring substituents is 1. The van der Waals surface area contributed by atoms with Gasteiger partial charge in [-0.15, -0.1) is 0 Å². The van der Waals surface area contributed by atoms with Gasteiger partial charge in [-0.3, -0.25) is 20.0 Å². The lowest BCUT2D eigenvalue weighted by molar-refractivity contribution is -0.384. The van der Waals surface area contributed by atoms with E-state index in [1.807, 2.05) is 11.8 Å². The summed E-state index contributed by atoms with van der Waals surface area (Å²) >= 11 is 0. The van der Waals surface area contributed by atoms with E-state index in [9.17, 15) is 20.0 Å². The van der Waals surface area contributed by atoms with Crippen molar-refractivity contribution in [2.75, 3.05) is 51.7 Å². The van der Waals surface area contributed by atoms with Crippen LogP contribution >= 0.6 is 0 Å². The number of aryl methyl sites for hydroxylation is 1. The molecule has 16 heteroatoms. The number of rotatable bonds is 13. The highest BCUT2D eigenvalue weighted by molar-refractivity contribution is 6.02. The van der Waals surface area contributed by atoms with Crippen LogP contribution in [0.1, 0.15) is 57.9 Å². The lowest BCUT2D eigenvalue weighted by Crippen LogP contribution is -2.48. The fourth-order valence-electron chi connectivity index (χ4n) is 9.21. The molecule has 1 N–H and O–H groups in total. The number of aliphatic hydroxyl groups is 1. The Morgan fingerprint density at radius 2 is 1.83 bits per heavy atom. The largest absolute Gasteiger partial charge is 0.513 e. The van der Waals surface area contributed by atoms with Gasteiger partial charge in [0.2, 0.25) is 5.88 Å². The average molecular weight is 828 g/mol. The molecule has 3 fully saturated rings. The predicted octanol–water partition coefficient (Wildman–Crippen LogP) is 8.12. The van der Waals surface area contributed by atoms with Crippen molar-refractivity contribution in [1.82, 2.24) is 14.9 Å². The molecule has 0 unspecified atom stereocenters. The van der Waals surface area contributed by atoms with Gasteiger partial charge in [0.1, 0.15) is 41.7 Å². The minimum atomic E-state index is -0.971. The van der Waals surface area contributed by atoms with Gasteiger partial charge in [-0.05, 0) is 105 Å². The molecule has 0 bridgehead atoms. The van der Waals surface area contributed by atoms with Gasteiger partial charge in [0, 0.05) is 61.6 Å². The summed E-state index contributed by atoms with van der Waals surface area (Å²) in [5.74, 6) is -0.382. The van der Waals surface area contributed by atoms with Gasteiger partial charge in [0.05, 0.1) is 21.8 Å². The van der Waals surface area contributed by atoms with Crippen molar-refractivity contribution in [1.29, 1.82) is 0 Å². The van der Waals surface area contributed by atoms with Crippen LogP contribution in [0.4, 0.5) is 25.0 Å². The second kappa shape index (κ2) is 16.7. The Hall–Kier alpha value is -5.71. The molecule has 0 saturated carbocycles. The Bertz CT molecular complexity index is 2430. The highest BCUT2D eigenvalue weighted by Crippen LogP contribution is 2.44. The quantitative estimate of drug-likeness (QED) is 0.0399. The van der Waals surface area contributed by atoms with E-state index in [1.165, 1.54) is 37.4 Å². The first-order chi connectivity index (χ1) is 28.9. The van der Waals surface area contributed by atoms with Crippen LogP contribution in [-0.4, -0.2) is 95.0 Å². The number of methoxy groups -OCH3 is 1. The number of carbonyl (C=O) groups excluding carboxylic acids is 1. The minimum absolute atomic E-state index is 0.0218. The van der Waals surface area contributed by atoms with Crippen molar-refractivity contribution < 1.29 is 47.3 Å². The summed E-state index contributed by atoms with van der Waals surface area (Å²) in [5.41, 5.74) is -0.0834. The van der Waals surface area contributed by atoms with Crippen LogP contribution in [0.3, 0.4) is 0 Å². The smallest absolute Gasteiger partial charge is 0.476 e. The monoisotopic (exact) mass is 827 g/mol. The molecule has 0 radical (unpaired) electrons. The van der Waals surface area contributed by atoms with Gasteiger partial charge in [0.15, 0.2) is 12.6 Å². The van der Waals surface area contributed by atoms with Gasteiger partial charge in [0.25, 0.3) is 5.69 Å². The Balaban J connectivity index is 1.10. The van der Waals surface area contributed by atoms with Crippen molar-refractivity contribution in [2.45, 2.75) is 76.0 Å². The number of nitrogens with zero attached hydrogens (tertiary/aromatic N) is 5. The molecule has 3 aliphatic rings. The molecule has 0 aliphatic carbocycles. The molecule has 5 aromatic rings. The lowest BCUT2D eigenvalue weighted by Gasteiger charge is -2.39. The molecule has 2 aromatic heterocycles. The van der Waals surface area contributed by atoms with Crippen LogP contribution in [0, 0.1) is 21.7 Å². The minimum Gasteiger partial charge on any atom is -0.476 e. The summed E-state index contributed by atoms with van der Waals surface area (Å²) < 4.78 is 60.9. The summed E-state index contributed by atoms with van der Waals surface area (Å²) in [6.45, 7) is 5.60. The number of fused-ring (bicyclic) bond motifs is 3. The number of hydrogen-bond donors (Lipinski definition) is 1. The molecule has 3 atom stereocenters. The first-order valence-corrected chi connectivity index (χ1v) is 20.2. The maximum absolute atomic E-state index is 17.3. The first kappa shape index (κ1) is 41.0. The number of aromatic nitrogens is 2. The molecule has 3 aromatic carbocycles. The van der Waals surface area contributed by atoms with Crippen LogP contribution in [0.25, 0.3) is 32.9 Å². The number of carbonyl (C=O) groups is 1. The second-order valence-electron chi connectivity index (χ2n) is 16.1. The molecule has 8 rings (SSSR count). The predicted molar refractivity (Wildman–Crippen MR) is 219 cm³/mol. The number of β-amino-alcohol motifs (C(OH)–C–C–N with tert-alkyl or cyclic N) is 1. The van der Waals surface area contributed by atoms with E-state index in [-0.39, 0.29) is 60.1 Å². The number of benzene rings is 3. The van der Waals surface area contributed by atoms with E-state index in [2.05, 4.69) is 9.88 Å². The molecule has 60 heavy (non-hydrogen) atoms. The third-order valence-electron chi connectivity index (χ3n) is 12.0. The summed E-state index contributed by atoms with van der Waals surface area (Å²) in [6, 6.07) is 13.3. The molecule has 0 spiro atoms. The van der Waals surface area contributed by atoms with Crippen LogP contribution < -0.4 is 19.1 Å². The van der Waals surface area contributed by atoms with Crippen molar-refractivity contribution in [3.63, 3.8) is 0 Å². The van der Waals surface area contributed by atoms with Crippen molar-refractivity contribution in [3.05, 3.63) is 88.1 Å². The number of halogens is 2. The van der Waals surface area contributed by atoms with Crippen LogP contribution in [0.5, 0.6) is 17.4 Å². The normalized spacial score (nSPS) is 21.6. The highest BCUT2D eigenvalue weighted by Gasteiger charge is 2.50. The zero-order valence-corrected chi connectivity index (χ0v) is 33.7. The first-order valence-electron chi connectivity index (χ1n) is 20.2. The Labute approximate surface area is 345 Å². The standard InChI is InChI=1S/C44H47F2N5O9/c1-4-32-35(45)12-7-27-19-31(59-26-56-3)20-33(38(27)32)40-39(46)41-34(22-47-40)36(49-17-5-14-43(2,53)24-49)21-37(48-41)58-25-44-15-6-18-50(44)29(13-16-44)23-57-42(52)60-30-10-8-28(9-11-30)51(54)55/h7-12,19-22,29,53H,4-6,13-18,23-26H2,1-3H3/t29-,43+,44-/m0/s1. The van der Waals surface area contributed by atoms with Crippen molar-refractivity contribution in [2.24, 2.45) is 0 Å². The van der Waals surface area contributed by atoms with E-state index in [1.54, 1.807) is 37.4 Å². The van der Waals surface area contributed by atoms with E-state index < -0.39 is 28.3 Å². The summed E-state index contributed by atoms with van der Waals surface area (Å²) in [5, 5.41) is 23.7. The summed E-state index contributed by atoms with van der Waals surface area (Å²) in [4.78, 5) is 36.8. The average Bonchev–Trinajstić information content (AvgIpc) is 3.80. The maximum Gasteiger partial charge on any atom is 0.513 e. The van der Waals surface area contributed by atoms with E-state index in [0.29, 0.717) is 64.7 Å². The zero-order chi connectivity index (χ0) is 42.2. The fraction of sp³-hybridized carbons (Fsp3) is 0.432. The van der Waals surface area contributed by atoms with Crippen LogP contribution in [-0.2, 0) is 15.9 Å². The van der Waals surface area contributed by atoms with Crippen molar-refractivity contribution >= 4 is 39.2 Å². The SMILES string of the molecule is CCc1c(F)ccc2cc(OCOC)cc(-c3ncc4c(N5CCC[C@@](C)(O)C5)cc(OC[C@@]56CCCN5[C@H](COC(=O)Oc5ccc([N+](=O)[O-])cc5)CC6)nc4c3F)c12. The van der Waals surface area contributed by atoms with E-state index in [0.717, 1.165) is 38.6 Å². The maximum atomic E-state index is 17.3. The number of ether oxygens (including phenoxy) is 5. The Morgan fingerprint density at radius 3 is 2.58 bits per heavy atom. The lowest BCUT2D eigenvalue weighted by atomic mass is 9.93. The molecule has 3 aliphatic heterocycles. The molecule has 14 nitrogen and oxygen atoms in total. The van der Waals surface area contributed by atoms with Gasteiger partial charge >= 0.3 is 6.16 Å². The number of hydrogen-bond acceptors (Lipinski definition) is 13. The molecule has 5 heterocycles. The van der Waals surface area contributed by atoms with E-state index in [4.69, 9.17) is 28.7 Å². The third kappa shape index (κ3) is 8.10. The summed E-state index contributed by atoms with van der Waals surface area (Å²) in [6.07, 6.45) is 5.60. The van der Waals surface area contributed by atoms with E-state index >= 15 is 8.78 Å². The van der Waals surface area contributed by atoms with Gasteiger partial charge in [-0.25, -0.2) is 18.6 Å². The third-order valence-corrected chi connectivity index (χ3v) is 12.0. The Morgan fingerprint density at radius 1 is 1.03 bits per heavy atom. The number of nitro benzene ring substituents is 1. The molecule has 3 saturated heterocycles. The Kier molecular flexibility index (Phi) is 11.5. The highest BCUT2D eigenvalue weighted by atomic mass is 19.1. The summed E-state index contributed by atoms with van der Waals surface area (Å²) in [7, 11) is 1.50. The zero-order valence-electron chi connectivity index (χ0n) is 33.7. The van der Waals surface area contributed by atoms with Gasteiger partial charge in [-0.2, -0.15) is 0 Å². The number of anilines is 1. The van der Waals surface area contributed by atoms with Crippen molar-refractivity contribution in [3.8, 4) is 28.6 Å². The van der Waals surface area contributed by atoms with Crippen LogP contribution in [0.2, 0.25) is 0 Å². The number of piperidine rings is 1. The van der Waals surface area contributed by atoms with Crippen LogP contribution in [0.15, 0.2) is 60.8 Å². The topological polar surface area (TPSA) is 159 Å². The number of nitro groups is 1. The number of pyridine rings is 2. The molecule has 0 amide bonds. The van der Waals surface area contributed by atoms with Gasteiger partial charge < -0.3 is 33.7 Å². The molecular weight excluding hydrogens is 781 g/mol. The van der Waals surface area contributed by atoms with Gasteiger partial charge in [-0.1, -0.05) is 13.0 Å². The molecule has 316 valence electrons. The molecular formula is C44H47F2N5O9. The second-order valence-corrected chi connectivity index (χ2v) is 16.1.